The molecular weight excluding hydrogens is 436 g/mol. The van der Waals surface area contributed by atoms with E-state index in [9.17, 15) is 19.8 Å². The summed E-state index contributed by atoms with van der Waals surface area (Å²) in [5, 5.41) is 21.1. The van der Waals surface area contributed by atoms with Crippen molar-refractivity contribution in [3.63, 3.8) is 0 Å². The predicted octanol–water partition coefficient (Wildman–Crippen LogP) is 2.53. The average molecular weight is 469 g/mol. The Bertz CT molecular complexity index is 1030. The Kier molecular flexibility index (Phi) is 7.21. The summed E-state index contributed by atoms with van der Waals surface area (Å²) in [5.41, 5.74) is 2.31. The number of cyclic esters (lactones) is 1. The van der Waals surface area contributed by atoms with Gasteiger partial charge in [-0.1, -0.05) is 42.5 Å². The minimum absolute atomic E-state index is 0.171. The van der Waals surface area contributed by atoms with Crippen molar-refractivity contribution >= 4 is 12.1 Å². The van der Waals surface area contributed by atoms with Crippen molar-refractivity contribution in [2.24, 2.45) is 0 Å². The normalized spacial score (nSPS) is 23.7. The quantitative estimate of drug-likeness (QED) is 0.629. The van der Waals surface area contributed by atoms with E-state index in [-0.39, 0.29) is 31.8 Å². The van der Waals surface area contributed by atoms with Crippen LogP contribution in [0.3, 0.4) is 0 Å². The molecule has 8 nitrogen and oxygen atoms in total. The summed E-state index contributed by atoms with van der Waals surface area (Å²) in [6.45, 7) is 5.25. The number of nitrogens with zero attached hydrogens (tertiary/aromatic N) is 2. The van der Waals surface area contributed by atoms with Gasteiger partial charge in [-0.05, 0) is 36.6 Å². The number of esters is 1. The molecule has 2 aliphatic heterocycles. The van der Waals surface area contributed by atoms with E-state index in [4.69, 9.17) is 9.47 Å². The van der Waals surface area contributed by atoms with E-state index in [1.54, 1.807) is 17.0 Å². The van der Waals surface area contributed by atoms with E-state index < -0.39 is 17.7 Å². The standard InChI is InChI=1S/C26H32N2O6/c1-18-12-21-13-20(8-9-22(21)24(31)34-18)23(30)14-28-11-10-27(16-26(28,2)17-29)25(32)33-15-19-6-4-3-5-7-19/h3-9,13,18,23,29-30H,10-12,14-17H2,1-2H3. The minimum atomic E-state index is -0.805. The number of rotatable bonds is 6. The number of hydrogen-bond donors (Lipinski definition) is 2. The molecule has 2 aromatic carbocycles. The fraction of sp³-hybridized carbons (Fsp3) is 0.462. The molecule has 34 heavy (non-hydrogen) atoms. The molecule has 8 heteroatoms. The summed E-state index contributed by atoms with van der Waals surface area (Å²) in [6.07, 6.45) is -0.806. The summed E-state index contributed by atoms with van der Waals surface area (Å²) in [5.74, 6) is -0.335. The summed E-state index contributed by atoms with van der Waals surface area (Å²) in [7, 11) is 0. The van der Waals surface area contributed by atoms with Gasteiger partial charge in [0.15, 0.2) is 0 Å². The van der Waals surface area contributed by atoms with Crippen LogP contribution in [0.25, 0.3) is 0 Å². The first-order chi connectivity index (χ1) is 16.3. The molecule has 0 radical (unpaired) electrons. The molecule has 182 valence electrons. The van der Waals surface area contributed by atoms with Gasteiger partial charge in [0.05, 0.1) is 23.8 Å². The fourth-order valence-corrected chi connectivity index (χ4v) is 4.63. The van der Waals surface area contributed by atoms with Gasteiger partial charge in [0.1, 0.15) is 12.7 Å². The topological polar surface area (TPSA) is 99.5 Å². The van der Waals surface area contributed by atoms with Gasteiger partial charge in [-0.15, -0.1) is 0 Å². The van der Waals surface area contributed by atoms with Crippen molar-refractivity contribution in [2.75, 3.05) is 32.8 Å². The average Bonchev–Trinajstić information content (AvgIpc) is 2.83. The first-order valence-corrected chi connectivity index (χ1v) is 11.6. The number of piperazine rings is 1. The molecule has 0 aromatic heterocycles. The molecule has 0 saturated carbocycles. The molecule has 3 atom stereocenters. The van der Waals surface area contributed by atoms with Crippen LogP contribution >= 0.6 is 0 Å². The summed E-state index contributed by atoms with van der Waals surface area (Å²) < 4.78 is 10.7. The Hall–Kier alpha value is -2.94. The van der Waals surface area contributed by atoms with E-state index in [0.29, 0.717) is 37.2 Å². The summed E-state index contributed by atoms with van der Waals surface area (Å²) in [6, 6.07) is 14.8. The highest BCUT2D eigenvalue weighted by molar-refractivity contribution is 5.92. The van der Waals surface area contributed by atoms with Gasteiger partial charge in [0, 0.05) is 32.6 Å². The Morgan fingerprint density at radius 3 is 2.74 bits per heavy atom. The first kappa shape index (κ1) is 24.2. The van der Waals surface area contributed by atoms with Gasteiger partial charge in [0.25, 0.3) is 0 Å². The first-order valence-electron chi connectivity index (χ1n) is 11.6. The second-order valence-corrected chi connectivity index (χ2v) is 9.42. The summed E-state index contributed by atoms with van der Waals surface area (Å²) in [4.78, 5) is 28.3. The van der Waals surface area contributed by atoms with Crippen molar-refractivity contribution < 1.29 is 29.3 Å². The highest BCUT2D eigenvalue weighted by Gasteiger charge is 2.40. The molecular formula is C26H32N2O6. The minimum Gasteiger partial charge on any atom is -0.459 e. The molecule has 1 fully saturated rings. The number of fused-ring (bicyclic) bond motifs is 1. The van der Waals surface area contributed by atoms with Gasteiger partial charge in [-0.2, -0.15) is 0 Å². The number of aliphatic hydroxyl groups is 2. The highest BCUT2D eigenvalue weighted by atomic mass is 16.6. The number of amides is 1. The molecule has 0 aliphatic carbocycles. The largest absolute Gasteiger partial charge is 0.459 e. The van der Waals surface area contributed by atoms with Crippen LogP contribution in [0.4, 0.5) is 4.79 Å². The lowest BCUT2D eigenvalue weighted by molar-refractivity contribution is -0.0449. The SMILES string of the molecule is CC1Cc2cc(C(O)CN3CCN(C(=O)OCc4ccccc4)CC3(C)CO)ccc2C(=O)O1. The van der Waals surface area contributed by atoms with Crippen molar-refractivity contribution in [1.29, 1.82) is 0 Å². The van der Waals surface area contributed by atoms with Crippen LogP contribution in [0, 0.1) is 0 Å². The summed E-state index contributed by atoms with van der Waals surface area (Å²) >= 11 is 0. The smallest absolute Gasteiger partial charge is 0.410 e. The van der Waals surface area contributed by atoms with Gasteiger partial charge in [0.2, 0.25) is 0 Å². The van der Waals surface area contributed by atoms with Crippen molar-refractivity contribution in [1.82, 2.24) is 9.80 Å². The van der Waals surface area contributed by atoms with Crippen molar-refractivity contribution in [3.8, 4) is 0 Å². The van der Waals surface area contributed by atoms with E-state index in [1.807, 2.05) is 55.1 Å². The van der Waals surface area contributed by atoms with Crippen LogP contribution < -0.4 is 0 Å². The number of ether oxygens (including phenoxy) is 2. The Morgan fingerprint density at radius 2 is 2.00 bits per heavy atom. The molecule has 1 amide bonds. The molecule has 1 saturated heterocycles. The van der Waals surface area contributed by atoms with Crippen LogP contribution in [0.1, 0.15) is 47.0 Å². The van der Waals surface area contributed by atoms with Crippen LogP contribution in [0.2, 0.25) is 0 Å². The van der Waals surface area contributed by atoms with E-state index in [0.717, 1.165) is 11.1 Å². The number of β-amino-alcohol motifs (C(OH)–C–C–N with tert-alkyl or cyclic N) is 1. The van der Waals surface area contributed by atoms with Gasteiger partial charge in [-0.3, -0.25) is 4.90 Å². The van der Waals surface area contributed by atoms with E-state index >= 15 is 0 Å². The lowest BCUT2D eigenvalue weighted by atomic mass is 9.93. The maximum Gasteiger partial charge on any atom is 0.410 e. The third-order valence-corrected chi connectivity index (χ3v) is 6.68. The zero-order valence-corrected chi connectivity index (χ0v) is 19.6. The predicted molar refractivity (Wildman–Crippen MR) is 125 cm³/mol. The second-order valence-electron chi connectivity index (χ2n) is 9.42. The molecule has 0 spiro atoms. The molecule has 0 bridgehead atoms. The number of aliphatic hydroxyl groups excluding tert-OH is 2. The number of carbonyl (C=O) groups excluding carboxylic acids is 2. The fourth-order valence-electron chi connectivity index (χ4n) is 4.63. The van der Waals surface area contributed by atoms with Crippen LogP contribution in [0.15, 0.2) is 48.5 Å². The molecule has 2 N–H and O–H groups in total. The number of carbonyl (C=O) groups is 2. The molecule has 2 heterocycles. The zero-order chi connectivity index (χ0) is 24.3. The lowest BCUT2D eigenvalue weighted by Crippen LogP contribution is -2.64. The van der Waals surface area contributed by atoms with Gasteiger partial charge in [-0.25, -0.2) is 9.59 Å². The maximum atomic E-state index is 12.6. The van der Waals surface area contributed by atoms with E-state index in [1.165, 1.54) is 0 Å². The highest BCUT2D eigenvalue weighted by Crippen LogP contribution is 2.28. The Labute approximate surface area is 199 Å². The van der Waals surface area contributed by atoms with E-state index in [2.05, 4.69) is 0 Å². The van der Waals surface area contributed by atoms with Crippen molar-refractivity contribution in [3.05, 3.63) is 70.8 Å². The van der Waals surface area contributed by atoms with Crippen LogP contribution in [0.5, 0.6) is 0 Å². The van der Waals surface area contributed by atoms with Crippen LogP contribution in [-0.2, 0) is 22.5 Å². The molecule has 2 aliphatic rings. The Balaban J connectivity index is 1.39. The van der Waals surface area contributed by atoms with Crippen molar-refractivity contribution in [2.45, 2.75) is 44.6 Å². The van der Waals surface area contributed by atoms with Crippen LogP contribution in [-0.4, -0.2) is 76.5 Å². The second kappa shape index (κ2) is 10.1. The van der Waals surface area contributed by atoms with Gasteiger partial charge < -0.3 is 24.6 Å². The lowest BCUT2D eigenvalue weighted by Gasteiger charge is -2.48. The van der Waals surface area contributed by atoms with Gasteiger partial charge >= 0.3 is 12.1 Å². The monoisotopic (exact) mass is 468 g/mol. The molecule has 3 unspecified atom stereocenters. The molecule has 2 aromatic rings. The number of benzene rings is 2. The number of hydrogen-bond acceptors (Lipinski definition) is 7. The third kappa shape index (κ3) is 5.24. The maximum absolute atomic E-state index is 12.6. The molecule has 4 rings (SSSR count). The third-order valence-electron chi connectivity index (χ3n) is 6.68. The zero-order valence-electron chi connectivity index (χ0n) is 19.6. The Morgan fingerprint density at radius 1 is 1.24 bits per heavy atom.